The average molecular weight is 397 g/mol. The fraction of sp³-hybridized carbons (Fsp3) is 0.143. The smallest absolute Gasteiger partial charge is 0.144 e. The van der Waals surface area contributed by atoms with E-state index in [9.17, 15) is 4.39 Å². The van der Waals surface area contributed by atoms with Crippen molar-refractivity contribution in [1.29, 1.82) is 0 Å². The Kier molecular flexibility index (Phi) is 5.23. The van der Waals surface area contributed by atoms with E-state index in [4.69, 9.17) is 16.3 Å². The van der Waals surface area contributed by atoms with Crippen molar-refractivity contribution in [1.82, 2.24) is 19.7 Å². The molecule has 1 N–H and O–H groups in total. The third kappa shape index (κ3) is 3.83. The van der Waals surface area contributed by atoms with Crippen molar-refractivity contribution in [3.63, 3.8) is 0 Å². The molecule has 28 heavy (non-hydrogen) atoms. The van der Waals surface area contributed by atoms with Crippen LogP contribution >= 0.6 is 11.6 Å². The lowest BCUT2D eigenvalue weighted by Crippen LogP contribution is -2.19. The van der Waals surface area contributed by atoms with Gasteiger partial charge in [0.15, 0.2) is 0 Å². The summed E-state index contributed by atoms with van der Waals surface area (Å²) in [5.74, 6) is -0.278. The topological polar surface area (TPSA) is 59.0 Å². The van der Waals surface area contributed by atoms with Gasteiger partial charge >= 0.3 is 0 Å². The van der Waals surface area contributed by atoms with Gasteiger partial charge in [0.2, 0.25) is 0 Å². The van der Waals surface area contributed by atoms with Gasteiger partial charge in [-0.15, -0.1) is 0 Å². The molecule has 2 aromatic heterocycles. The molecule has 7 heteroatoms. The second-order valence-electron chi connectivity index (χ2n) is 6.39. The highest BCUT2D eigenvalue weighted by Gasteiger charge is 2.59. The normalized spacial score (nSPS) is 20.3. The summed E-state index contributed by atoms with van der Waals surface area (Å²) >= 11 is 6.31. The first-order valence-corrected chi connectivity index (χ1v) is 9.15. The summed E-state index contributed by atoms with van der Waals surface area (Å²) in [4.78, 5) is 6.83. The molecule has 0 saturated carbocycles. The van der Waals surface area contributed by atoms with E-state index in [0.29, 0.717) is 11.6 Å². The van der Waals surface area contributed by atoms with Crippen LogP contribution in [-0.4, -0.2) is 19.7 Å². The highest BCUT2D eigenvalue weighted by atomic mass is 35.5. The Morgan fingerprint density at radius 2 is 1.82 bits per heavy atom. The molecule has 0 aliphatic carbocycles. The van der Waals surface area contributed by atoms with Crippen molar-refractivity contribution in [2.45, 2.75) is 18.2 Å². The van der Waals surface area contributed by atoms with Gasteiger partial charge in [0, 0.05) is 23.0 Å². The van der Waals surface area contributed by atoms with E-state index in [2.05, 4.69) is 15.1 Å². The van der Waals surface area contributed by atoms with Crippen LogP contribution in [0.1, 0.15) is 17.2 Å². The molecule has 0 spiro atoms. The summed E-state index contributed by atoms with van der Waals surface area (Å²) < 4.78 is 21.1. The molecule has 2 unspecified atom stereocenters. The molecule has 2 atom stereocenters. The van der Waals surface area contributed by atoms with E-state index in [1.54, 1.807) is 23.1 Å². The number of aromatic nitrogens is 4. The number of aromatic amines is 1. The largest absolute Gasteiger partial charge is 0.368 e. The lowest BCUT2D eigenvalue weighted by Gasteiger charge is -2.14. The fourth-order valence-corrected chi connectivity index (χ4v) is 3.41. The van der Waals surface area contributed by atoms with Crippen LogP contribution in [0.25, 0.3) is 0 Å². The Morgan fingerprint density at radius 1 is 1.07 bits per heavy atom. The highest BCUT2D eigenvalue weighted by molar-refractivity contribution is 6.31. The Hall–Kier alpha value is -2.96. The lowest BCUT2D eigenvalue weighted by atomic mass is 9.91. The number of ether oxygens (including phenoxy) is 1. The van der Waals surface area contributed by atoms with E-state index in [0.717, 1.165) is 11.1 Å². The molecule has 1 aliphatic heterocycles. The minimum atomic E-state index is -0.619. The Bertz CT molecular complexity index is 988. The molecule has 4 aromatic rings. The van der Waals surface area contributed by atoms with Gasteiger partial charge in [-0.05, 0) is 35.9 Å². The van der Waals surface area contributed by atoms with E-state index in [1.165, 1.54) is 18.5 Å². The molecular formula is C21H18ClFN4O. The van der Waals surface area contributed by atoms with Crippen LogP contribution in [0, 0.1) is 5.82 Å². The van der Waals surface area contributed by atoms with Gasteiger partial charge in [-0.3, -0.25) is 0 Å². The van der Waals surface area contributed by atoms with Gasteiger partial charge in [0.1, 0.15) is 30.2 Å². The van der Waals surface area contributed by atoms with Gasteiger partial charge < -0.3 is 9.72 Å². The fourth-order valence-electron chi connectivity index (χ4n) is 3.17. The number of hydrogen-bond donors (Lipinski definition) is 1. The third-order valence-corrected chi connectivity index (χ3v) is 4.92. The number of rotatable bonds is 4. The number of nitrogens with zero attached hydrogens (tertiary/aromatic N) is 3. The third-order valence-electron chi connectivity index (χ3n) is 4.57. The van der Waals surface area contributed by atoms with E-state index < -0.39 is 5.60 Å². The van der Waals surface area contributed by atoms with Crippen molar-refractivity contribution in [3.05, 3.63) is 108 Å². The molecule has 3 heterocycles. The lowest BCUT2D eigenvalue weighted by molar-refractivity contribution is 0.262. The van der Waals surface area contributed by atoms with Crippen molar-refractivity contribution in [3.8, 4) is 0 Å². The number of halogens is 2. The molecule has 2 aromatic carbocycles. The van der Waals surface area contributed by atoms with Crippen molar-refractivity contribution >= 4 is 11.6 Å². The van der Waals surface area contributed by atoms with Gasteiger partial charge in [-0.1, -0.05) is 41.9 Å². The highest BCUT2D eigenvalue weighted by Crippen LogP contribution is 2.59. The summed E-state index contributed by atoms with van der Waals surface area (Å²) in [5, 5.41) is 4.81. The van der Waals surface area contributed by atoms with Crippen molar-refractivity contribution in [2.24, 2.45) is 0 Å². The molecule has 142 valence electrons. The first-order chi connectivity index (χ1) is 13.7. The predicted octanol–water partition coefficient (Wildman–Crippen LogP) is 4.75. The number of epoxide rings is 1. The van der Waals surface area contributed by atoms with Crippen LogP contribution in [0.3, 0.4) is 0 Å². The number of nitrogens with one attached hydrogen (secondary N) is 1. The van der Waals surface area contributed by atoms with Crippen molar-refractivity contribution < 1.29 is 9.13 Å². The molecule has 0 radical (unpaired) electrons. The van der Waals surface area contributed by atoms with E-state index in [-0.39, 0.29) is 11.9 Å². The summed E-state index contributed by atoms with van der Waals surface area (Å²) in [6, 6.07) is 17.8. The van der Waals surface area contributed by atoms with Crippen LogP contribution in [-0.2, 0) is 16.9 Å². The van der Waals surface area contributed by atoms with Gasteiger partial charge in [-0.25, -0.2) is 14.1 Å². The quantitative estimate of drug-likeness (QED) is 0.506. The molecule has 5 nitrogen and oxygen atoms in total. The zero-order chi connectivity index (χ0) is 19.4. The SMILES string of the molecule is Fc1ccc(C2(Cn3cncn3)OC2c2ccccc2Cl)cc1.c1cc[nH]c1. The van der Waals surface area contributed by atoms with Crippen LogP contribution in [0.2, 0.25) is 5.02 Å². The first-order valence-electron chi connectivity index (χ1n) is 8.77. The summed E-state index contributed by atoms with van der Waals surface area (Å²) in [5.41, 5.74) is 1.18. The summed E-state index contributed by atoms with van der Waals surface area (Å²) in [6.07, 6.45) is 6.66. The average Bonchev–Trinajstić information content (AvgIpc) is 3.14. The monoisotopic (exact) mass is 396 g/mol. The zero-order valence-corrected chi connectivity index (χ0v) is 15.6. The van der Waals surface area contributed by atoms with Gasteiger partial charge in [0.25, 0.3) is 0 Å². The number of H-pyrrole nitrogens is 1. The first kappa shape index (κ1) is 18.4. The van der Waals surface area contributed by atoms with E-state index >= 15 is 0 Å². The standard InChI is InChI=1S/C17H13ClFN3O.C4H5N/c18-15-4-2-1-3-14(15)16-17(23-16,9-22-11-20-10-21-22)12-5-7-13(19)8-6-12;1-2-4-5-3-1/h1-8,10-11,16H,9H2;1-5H. The van der Waals surface area contributed by atoms with Crippen molar-refractivity contribution in [2.75, 3.05) is 0 Å². The molecule has 1 fully saturated rings. The maximum atomic E-state index is 13.3. The Morgan fingerprint density at radius 3 is 2.43 bits per heavy atom. The molecular weight excluding hydrogens is 379 g/mol. The number of hydrogen-bond acceptors (Lipinski definition) is 3. The molecule has 1 saturated heterocycles. The van der Waals surface area contributed by atoms with Crippen LogP contribution < -0.4 is 0 Å². The molecule has 0 bridgehead atoms. The second kappa shape index (κ2) is 7.96. The second-order valence-corrected chi connectivity index (χ2v) is 6.80. The molecule has 1 aliphatic rings. The van der Waals surface area contributed by atoms with Crippen LogP contribution in [0.5, 0.6) is 0 Å². The minimum absolute atomic E-state index is 0.203. The molecule has 5 rings (SSSR count). The summed E-state index contributed by atoms with van der Waals surface area (Å²) in [7, 11) is 0. The van der Waals surface area contributed by atoms with Gasteiger partial charge in [0.05, 0.1) is 6.54 Å². The van der Waals surface area contributed by atoms with Crippen LogP contribution in [0.15, 0.2) is 85.7 Å². The van der Waals surface area contributed by atoms with Gasteiger partial charge in [-0.2, -0.15) is 5.10 Å². The number of benzene rings is 2. The maximum Gasteiger partial charge on any atom is 0.144 e. The Labute approximate surface area is 166 Å². The predicted molar refractivity (Wildman–Crippen MR) is 104 cm³/mol. The van der Waals surface area contributed by atoms with Crippen LogP contribution in [0.4, 0.5) is 4.39 Å². The molecule has 0 amide bonds. The summed E-state index contributed by atoms with van der Waals surface area (Å²) in [6.45, 7) is 0.481. The Balaban J connectivity index is 0.000000336. The van der Waals surface area contributed by atoms with E-state index in [1.807, 2.05) is 48.8 Å². The zero-order valence-electron chi connectivity index (χ0n) is 14.9. The maximum absolute atomic E-state index is 13.3. The minimum Gasteiger partial charge on any atom is -0.368 e.